The first-order chi connectivity index (χ1) is 23.8. The number of nitrogens with zero attached hydrogens (tertiary/aromatic N) is 2. The number of imide groups is 2. The molecule has 0 radical (unpaired) electrons. The highest BCUT2D eigenvalue weighted by Gasteiger charge is 2.68. The predicted octanol–water partition coefficient (Wildman–Crippen LogP) is 7.97. The molecule has 4 amide bonds. The molecule has 0 spiro atoms. The molecule has 6 atom stereocenters. The van der Waals surface area contributed by atoms with Gasteiger partial charge in [-0.15, -0.1) is 0 Å². The fraction of sp³-hybridized carbons (Fsp3) is 0.333. The van der Waals surface area contributed by atoms with Crippen LogP contribution < -0.4 is 9.80 Å². The van der Waals surface area contributed by atoms with E-state index in [1.165, 1.54) is 13.0 Å². The molecule has 6 unspecified atom stereocenters. The number of carbonyl (C=O) groups excluding carboxylic acids is 4. The number of carbonyl (C=O) groups is 4. The zero-order valence-corrected chi connectivity index (χ0v) is 27.3. The van der Waals surface area contributed by atoms with Crippen LogP contribution in [0.5, 0.6) is 5.75 Å². The van der Waals surface area contributed by atoms with Crippen LogP contribution in [0, 0.1) is 41.8 Å². The maximum absolute atomic E-state index is 14.5. The van der Waals surface area contributed by atoms with Crippen LogP contribution >= 0.6 is 11.6 Å². The number of alkyl halides is 6. The highest BCUT2D eigenvalue weighted by Crippen LogP contribution is 2.64. The molecule has 2 aliphatic carbocycles. The number of anilines is 2. The molecule has 266 valence electrons. The van der Waals surface area contributed by atoms with E-state index in [2.05, 4.69) is 0 Å². The van der Waals surface area contributed by atoms with Crippen LogP contribution in [0.15, 0.2) is 66.2 Å². The average Bonchev–Trinajstić information content (AvgIpc) is 3.42. The molecule has 2 heterocycles. The van der Waals surface area contributed by atoms with Gasteiger partial charge in [0.25, 0.3) is 0 Å². The van der Waals surface area contributed by atoms with E-state index in [0.717, 1.165) is 17.0 Å². The Morgan fingerprint density at radius 3 is 2.08 bits per heavy atom. The number of rotatable bonds is 3. The van der Waals surface area contributed by atoms with Gasteiger partial charge in [-0.05, 0) is 74.6 Å². The normalized spacial score (nSPS) is 27.8. The monoisotopic (exact) mass is 734 g/mol. The van der Waals surface area contributed by atoms with Gasteiger partial charge in [-0.2, -0.15) is 26.3 Å². The summed E-state index contributed by atoms with van der Waals surface area (Å²) in [5.74, 6) is -10.3. The molecule has 3 aromatic carbocycles. The Morgan fingerprint density at radius 2 is 1.47 bits per heavy atom. The third-order valence-corrected chi connectivity index (χ3v) is 11.1. The van der Waals surface area contributed by atoms with Crippen molar-refractivity contribution < 1.29 is 55.0 Å². The van der Waals surface area contributed by atoms with Crippen LogP contribution in [-0.4, -0.2) is 28.7 Å². The number of halogens is 8. The predicted molar refractivity (Wildman–Crippen MR) is 168 cm³/mol. The molecule has 15 heteroatoms. The number of phenolic OH excluding ortho intramolecular Hbond substituents is 1. The Bertz CT molecular complexity index is 2060. The van der Waals surface area contributed by atoms with Crippen LogP contribution in [0.3, 0.4) is 0 Å². The van der Waals surface area contributed by atoms with Gasteiger partial charge in [-0.25, -0.2) is 14.2 Å². The molecule has 51 heavy (non-hydrogen) atoms. The summed E-state index contributed by atoms with van der Waals surface area (Å²) in [6.07, 6.45) is -9.24. The van der Waals surface area contributed by atoms with Gasteiger partial charge < -0.3 is 5.11 Å². The van der Waals surface area contributed by atoms with Crippen LogP contribution in [0.1, 0.15) is 47.9 Å². The number of amides is 4. The van der Waals surface area contributed by atoms with Gasteiger partial charge >= 0.3 is 12.4 Å². The first-order valence-corrected chi connectivity index (χ1v) is 16.1. The van der Waals surface area contributed by atoms with Gasteiger partial charge in [-0.1, -0.05) is 41.4 Å². The molecule has 0 bridgehead atoms. The lowest BCUT2D eigenvalue weighted by molar-refractivity contribution is -0.143. The van der Waals surface area contributed by atoms with Crippen molar-refractivity contribution in [2.45, 2.75) is 45.0 Å². The van der Waals surface area contributed by atoms with Crippen LogP contribution in [0.25, 0.3) is 0 Å². The van der Waals surface area contributed by atoms with E-state index in [4.69, 9.17) is 11.6 Å². The second kappa shape index (κ2) is 11.4. The van der Waals surface area contributed by atoms with Crippen molar-refractivity contribution in [2.75, 3.05) is 9.80 Å². The summed E-state index contributed by atoms with van der Waals surface area (Å²) in [6, 6.07) is 8.58. The average molecular weight is 735 g/mol. The molecular weight excluding hydrogens is 709 g/mol. The van der Waals surface area contributed by atoms with Crippen LogP contribution in [-0.2, 0) is 31.5 Å². The van der Waals surface area contributed by atoms with Gasteiger partial charge in [0.1, 0.15) is 11.6 Å². The highest BCUT2D eigenvalue weighted by atomic mass is 35.5. The third kappa shape index (κ3) is 5.07. The quantitative estimate of drug-likeness (QED) is 0.167. The summed E-state index contributed by atoms with van der Waals surface area (Å²) < 4.78 is 96.6. The molecule has 7 rings (SSSR count). The first-order valence-electron chi connectivity index (χ1n) is 15.8. The van der Waals surface area contributed by atoms with E-state index in [0.29, 0.717) is 28.2 Å². The molecular formula is C36H26ClF7N2O5. The molecule has 1 saturated carbocycles. The molecule has 1 N–H and O–H groups in total. The van der Waals surface area contributed by atoms with Crippen LogP contribution in [0.2, 0.25) is 5.02 Å². The fourth-order valence-corrected chi connectivity index (χ4v) is 8.64. The first kappa shape index (κ1) is 34.7. The zero-order valence-electron chi connectivity index (χ0n) is 26.6. The largest absolute Gasteiger partial charge is 0.507 e. The molecule has 0 aromatic heterocycles. The summed E-state index contributed by atoms with van der Waals surface area (Å²) in [5.41, 5.74) is -4.88. The number of aryl methyl sites for hydroxylation is 1. The van der Waals surface area contributed by atoms with Crippen molar-refractivity contribution in [3.05, 3.63) is 99.3 Å². The molecule has 4 aliphatic rings. The lowest BCUT2D eigenvalue weighted by atomic mass is 9.51. The second-order valence-corrected chi connectivity index (χ2v) is 14.0. The van der Waals surface area contributed by atoms with Gasteiger partial charge in [0.05, 0.1) is 50.7 Å². The third-order valence-electron chi connectivity index (χ3n) is 10.8. The van der Waals surface area contributed by atoms with E-state index in [1.807, 2.05) is 0 Å². The van der Waals surface area contributed by atoms with Crippen molar-refractivity contribution in [1.29, 1.82) is 0 Å². The molecule has 3 fully saturated rings. The lowest BCUT2D eigenvalue weighted by Crippen LogP contribution is -2.49. The van der Waals surface area contributed by atoms with Crippen molar-refractivity contribution in [3.63, 3.8) is 0 Å². The van der Waals surface area contributed by atoms with Gasteiger partial charge in [0.2, 0.25) is 23.6 Å². The van der Waals surface area contributed by atoms with Crippen molar-refractivity contribution in [2.24, 2.45) is 29.1 Å². The lowest BCUT2D eigenvalue weighted by Gasteiger charge is -2.49. The van der Waals surface area contributed by atoms with Gasteiger partial charge in [0, 0.05) is 11.5 Å². The number of hydrogen-bond donors (Lipinski definition) is 1. The van der Waals surface area contributed by atoms with E-state index in [9.17, 15) is 55.0 Å². The summed E-state index contributed by atoms with van der Waals surface area (Å²) >= 11 is 6.00. The second-order valence-electron chi connectivity index (χ2n) is 13.5. The minimum Gasteiger partial charge on any atom is -0.507 e. The number of para-hydroxylation sites is 1. The fourth-order valence-electron chi connectivity index (χ4n) is 8.47. The molecule has 7 nitrogen and oxygen atoms in total. The summed E-state index contributed by atoms with van der Waals surface area (Å²) in [5, 5.41) is 11.0. The Labute approximate surface area is 290 Å². The van der Waals surface area contributed by atoms with Crippen molar-refractivity contribution in [1.82, 2.24) is 0 Å². The number of fused-ring (bicyclic) bond motifs is 4. The van der Waals surface area contributed by atoms with Crippen molar-refractivity contribution >= 4 is 46.6 Å². The number of aromatic hydroxyl groups is 1. The standard InChI is InChI=1S/C36H26ClF7N2O5/c1-15-4-3-5-22(29(15)47)28-20-7-8-21-27(32(50)45(30(21)48)19-11-16(35(39,40)41)10-17(12-19)36(42,43)44)23(20)14-24-31(49)46(33(51)34(24,28)2)18-6-9-26(38)25(37)13-18/h3-7,9-13,21,23-24,27-28,47H,8,14H2,1-2H3. The van der Waals surface area contributed by atoms with E-state index in [1.54, 1.807) is 31.2 Å². The topological polar surface area (TPSA) is 95.0 Å². The smallest absolute Gasteiger partial charge is 0.416 e. The minimum absolute atomic E-state index is 0.0302. The number of phenols is 1. The Balaban J connectivity index is 1.37. The van der Waals surface area contributed by atoms with Gasteiger partial charge in [0.15, 0.2) is 0 Å². The van der Waals surface area contributed by atoms with Crippen LogP contribution in [0.4, 0.5) is 42.1 Å². The maximum atomic E-state index is 14.5. The Morgan fingerprint density at radius 1 is 0.824 bits per heavy atom. The molecule has 3 aromatic rings. The SMILES string of the molecule is Cc1cccc(C2C3=CCC4C(=O)N(c5cc(C(F)(F)F)cc(C(F)(F)F)c5)C(=O)C4C3CC3C(=O)N(c4ccc(F)c(Cl)c4)C(=O)C32C)c1O. The molecule has 2 aliphatic heterocycles. The van der Waals surface area contributed by atoms with Gasteiger partial charge in [-0.3, -0.25) is 19.2 Å². The Kier molecular flexibility index (Phi) is 7.75. The zero-order chi connectivity index (χ0) is 37.1. The summed E-state index contributed by atoms with van der Waals surface area (Å²) in [4.78, 5) is 58.0. The van der Waals surface area contributed by atoms with E-state index >= 15 is 0 Å². The molecule has 2 saturated heterocycles. The number of benzene rings is 3. The van der Waals surface area contributed by atoms with Crippen molar-refractivity contribution in [3.8, 4) is 5.75 Å². The number of hydrogen-bond acceptors (Lipinski definition) is 5. The number of allylic oxidation sites excluding steroid dienone is 2. The van der Waals surface area contributed by atoms with E-state index < -0.39 is 93.6 Å². The maximum Gasteiger partial charge on any atom is 0.416 e. The van der Waals surface area contributed by atoms with E-state index in [-0.39, 0.29) is 40.9 Å². The highest BCUT2D eigenvalue weighted by molar-refractivity contribution is 6.32. The summed E-state index contributed by atoms with van der Waals surface area (Å²) in [6.45, 7) is 3.15. The summed E-state index contributed by atoms with van der Waals surface area (Å²) in [7, 11) is 0. The minimum atomic E-state index is -5.24. The Hall–Kier alpha value is -4.72.